The molecule has 0 radical (unpaired) electrons. The van der Waals surface area contributed by atoms with Crippen LogP contribution in [0, 0.1) is 15.2 Å². The molecule has 9 heteroatoms. The average molecular weight is 511 g/mol. The fourth-order valence-corrected chi connectivity index (χ4v) is 2.95. The second kappa shape index (κ2) is 9.13. The molecule has 27 heavy (non-hydrogen) atoms. The lowest BCUT2D eigenvalue weighted by Crippen LogP contribution is -2.28. The second-order valence-electron chi connectivity index (χ2n) is 6.40. The monoisotopic (exact) mass is 510 g/mol. The van der Waals surface area contributed by atoms with Crippen LogP contribution in [0.4, 0.5) is 20.2 Å². The van der Waals surface area contributed by atoms with Gasteiger partial charge in [0, 0.05) is 16.1 Å². The third-order valence-electron chi connectivity index (χ3n) is 3.49. The molecule has 0 bridgehead atoms. The van der Waals surface area contributed by atoms with Crippen LogP contribution in [0.1, 0.15) is 30.6 Å². The van der Waals surface area contributed by atoms with Crippen LogP contribution >= 0.6 is 34.2 Å². The van der Waals surface area contributed by atoms with Crippen LogP contribution in [-0.4, -0.2) is 23.2 Å². The number of hydrogen-bond acceptors (Lipinski definition) is 4. The number of carbonyl (C=O) groups excluding carboxylic acids is 1. The van der Waals surface area contributed by atoms with Gasteiger partial charge in [-0.15, -0.1) is 0 Å². The van der Waals surface area contributed by atoms with Gasteiger partial charge in [0.15, 0.2) is 11.6 Å². The molecule has 2 rings (SSSR count). The predicted molar refractivity (Wildman–Crippen MR) is 108 cm³/mol. The quantitative estimate of drug-likeness (QED) is 0.285. The third kappa shape index (κ3) is 6.56. The number of benzene rings is 2. The van der Waals surface area contributed by atoms with Crippen LogP contribution in [0.15, 0.2) is 30.3 Å². The van der Waals surface area contributed by atoms with Crippen LogP contribution in [-0.2, 0) is 4.84 Å². The number of anilines is 2. The number of amides is 1. The standard InChI is InChI=1S/C18H18ClF2IN2O3/c1-18(2,26)5-6-27-24-17(25)11-8-13(20)14(21)9-16(11)23-15-4-3-10(22)7-12(15)19/h3-4,7-9,23,26H,5-6H2,1-2H3,(H,24,25). The number of carbonyl (C=O) groups is 1. The smallest absolute Gasteiger partial charge is 0.277 e. The van der Waals surface area contributed by atoms with Crippen molar-refractivity contribution >= 4 is 51.5 Å². The van der Waals surface area contributed by atoms with Crippen molar-refractivity contribution in [2.45, 2.75) is 25.9 Å². The van der Waals surface area contributed by atoms with Crippen molar-refractivity contribution in [3.8, 4) is 0 Å². The molecule has 146 valence electrons. The van der Waals surface area contributed by atoms with Gasteiger partial charge >= 0.3 is 0 Å². The van der Waals surface area contributed by atoms with Crippen LogP contribution in [0.2, 0.25) is 5.02 Å². The Morgan fingerprint density at radius 2 is 1.89 bits per heavy atom. The summed E-state index contributed by atoms with van der Waals surface area (Å²) in [4.78, 5) is 17.3. The molecule has 0 spiro atoms. The van der Waals surface area contributed by atoms with Crippen LogP contribution < -0.4 is 10.8 Å². The summed E-state index contributed by atoms with van der Waals surface area (Å²) in [6.07, 6.45) is 0.272. The van der Waals surface area contributed by atoms with E-state index in [0.717, 1.165) is 15.7 Å². The number of aliphatic hydroxyl groups is 1. The highest BCUT2D eigenvalue weighted by atomic mass is 127. The van der Waals surface area contributed by atoms with E-state index in [2.05, 4.69) is 33.4 Å². The molecule has 5 nitrogen and oxygen atoms in total. The first-order valence-electron chi connectivity index (χ1n) is 7.92. The molecule has 0 heterocycles. The molecule has 2 aromatic rings. The van der Waals surface area contributed by atoms with Crippen LogP contribution in [0.5, 0.6) is 0 Å². The van der Waals surface area contributed by atoms with E-state index >= 15 is 0 Å². The van der Waals surface area contributed by atoms with E-state index in [-0.39, 0.29) is 24.3 Å². The molecule has 0 saturated heterocycles. The fraction of sp³-hybridized carbons (Fsp3) is 0.278. The maximum Gasteiger partial charge on any atom is 0.277 e. The molecule has 0 fully saturated rings. The zero-order chi connectivity index (χ0) is 20.2. The van der Waals surface area contributed by atoms with E-state index in [9.17, 15) is 18.7 Å². The van der Waals surface area contributed by atoms with E-state index in [1.807, 2.05) is 0 Å². The van der Waals surface area contributed by atoms with Crippen molar-refractivity contribution < 1.29 is 23.5 Å². The minimum Gasteiger partial charge on any atom is -0.390 e. The Kier molecular flexibility index (Phi) is 7.38. The minimum atomic E-state index is -1.17. The Balaban J connectivity index is 2.20. The summed E-state index contributed by atoms with van der Waals surface area (Å²) in [5, 5.41) is 12.8. The van der Waals surface area contributed by atoms with Gasteiger partial charge in [0.2, 0.25) is 0 Å². The molecule has 3 N–H and O–H groups in total. The lowest BCUT2D eigenvalue weighted by atomic mass is 10.1. The number of hydrogen-bond donors (Lipinski definition) is 3. The van der Waals surface area contributed by atoms with Gasteiger partial charge in [0.05, 0.1) is 34.2 Å². The normalized spacial score (nSPS) is 11.4. The molecular weight excluding hydrogens is 493 g/mol. The molecule has 0 saturated carbocycles. The molecule has 0 aliphatic rings. The summed E-state index contributed by atoms with van der Waals surface area (Å²) in [5.41, 5.74) is 1.50. The van der Waals surface area contributed by atoms with Gasteiger partial charge in [0.1, 0.15) is 0 Å². The lowest BCUT2D eigenvalue weighted by Gasteiger charge is -2.17. The van der Waals surface area contributed by atoms with Crippen molar-refractivity contribution in [1.29, 1.82) is 0 Å². The molecule has 0 aromatic heterocycles. The van der Waals surface area contributed by atoms with Crippen LogP contribution in [0.3, 0.4) is 0 Å². The van der Waals surface area contributed by atoms with Crippen molar-refractivity contribution in [3.63, 3.8) is 0 Å². The summed E-state index contributed by atoms with van der Waals surface area (Å²) in [5.74, 6) is -3.05. The van der Waals surface area contributed by atoms with Crippen molar-refractivity contribution in [2.24, 2.45) is 0 Å². The van der Waals surface area contributed by atoms with Gasteiger partial charge in [-0.05, 0) is 60.7 Å². The first-order valence-corrected chi connectivity index (χ1v) is 9.38. The maximum absolute atomic E-state index is 13.7. The van der Waals surface area contributed by atoms with Crippen molar-refractivity contribution in [3.05, 3.63) is 56.1 Å². The van der Waals surface area contributed by atoms with Gasteiger partial charge < -0.3 is 10.4 Å². The summed E-state index contributed by atoms with van der Waals surface area (Å²) >= 11 is 8.23. The number of halogens is 4. The zero-order valence-corrected chi connectivity index (χ0v) is 17.5. The van der Waals surface area contributed by atoms with E-state index < -0.39 is 23.1 Å². The summed E-state index contributed by atoms with van der Waals surface area (Å²) in [7, 11) is 0. The Hall–Kier alpha value is -1.49. The number of nitrogens with one attached hydrogen (secondary N) is 2. The Bertz CT molecular complexity index is 844. The van der Waals surface area contributed by atoms with E-state index in [1.165, 1.54) is 0 Å². The van der Waals surface area contributed by atoms with Crippen molar-refractivity contribution in [1.82, 2.24) is 5.48 Å². The number of rotatable bonds is 7. The molecule has 0 aliphatic carbocycles. The Morgan fingerprint density at radius 3 is 2.52 bits per heavy atom. The average Bonchev–Trinajstić information content (AvgIpc) is 2.56. The van der Waals surface area contributed by atoms with E-state index in [4.69, 9.17) is 16.4 Å². The molecule has 0 aliphatic heterocycles. The topological polar surface area (TPSA) is 70.6 Å². The fourth-order valence-electron chi connectivity index (χ4n) is 2.05. The third-order valence-corrected chi connectivity index (χ3v) is 4.47. The lowest BCUT2D eigenvalue weighted by molar-refractivity contribution is -0.00570. The van der Waals surface area contributed by atoms with Crippen LogP contribution in [0.25, 0.3) is 0 Å². The molecule has 0 atom stereocenters. The summed E-state index contributed by atoms with van der Waals surface area (Å²) in [6.45, 7) is 3.24. The first-order chi connectivity index (χ1) is 12.6. The predicted octanol–water partition coefficient (Wildman–Crippen LogP) is 4.79. The van der Waals surface area contributed by atoms with Gasteiger partial charge in [-0.3, -0.25) is 9.63 Å². The summed E-state index contributed by atoms with van der Waals surface area (Å²) in [6, 6.07) is 6.76. The van der Waals surface area contributed by atoms with E-state index in [0.29, 0.717) is 10.7 Å². The molecule has 2 aromatic carbocycles. The molecule has 1 amide bonds. The van der Waals surface area contributed by atoms with Gasteiger partial charge in [0.25, 0.3) is 5.91 Å². The maximum atomic E-state index is 13.7. The Morgan fingerprint density at radius 1 is 1.22 bits per heavy atom. The van der Waals surface area contributed by atoms with Gasteiger partial charge in [-0.2, -0.15) is 0 Å². The highest BCUT2D eigenvalue weighted by Crippen LogP contribution is 2.30. The Labute approximate surface area is 174 Å². The minimum absolute atomic E-state index is 0.0283. The second-order valence-corrected chi connectivity index (χ2v) is 8.06. The number of hydroxylamine groups is 1. The van der Waals surface area contributed by atoms with Crippen molar-refractivity contribution in [2.75, 3.05) is 11.9 Å². The van der Waals surface area contributed by atoms with Gasteiger partial charge in [-0.1, -0.05) is 11.6 Å². The summed E-state index contributed by atoms with van der Waals surface area (Å²) < 4.78 is 28.2. The highest BCUT2D eigenvalue weighted by Gasteiger charge is 2.18. The SMILES string of the molecule is CC(C)(O)CCONC(=O)c1cc(F)c(F)cc1Nc1ccc(I)cc1Cl. The zero-order valence-electron chi connectivity index (χ0n) is 14.6. The van der Waals surface area contributed by atoms with Gasteiger partial charge in [-0.25, -0.2) is 14.3 Å². The highest BCUT2D eigenvalue weighted by molar-refractivity contribution is 14.1. The largest absolute Gasteiger partial charge is 0.390 e. The molecular formula is C18H18ClF2IN2O3. The molecule has 0 unspecified atom stereocenters. The van der Waals surface area contributed by atoms with E-state index in [1.54, 1.807) is 32.0 Å². The first kappa shape index (κ1) is 21.8.